The van der Waals surface area contributed by atoms with Gasteiger partial charge in [-0.25, -0.2) is 0 Å². The van der Waals surface area contributed by atoms with E-state index in [9.17, 15) is 0 Å². The predicted octanol–water partition coefficient (Wildman–Crippen LogP) is 2.08. The SMILES string of the molecule is C=Cc1c(O)cncc1Cl. The lowest BCUT2D eigenvalue weighted by Gasteiger charge is -1.97. The van der Waals surface area contributed by atoms with E-state index in [1.54, 1.807) is 0 Å². The number of aromatic nitrogens is 1. The summed E-state index contributed by atoms with van der Waals surface area (Å²) < 4.78 is 0. The van der Waals surface area contributed by atoms with Crippen molar-refractivity contribution in [1.82, 2.24) is 4.98 Å². The van der Waals surface area contributed by atoms with Gasteiger partial charge in [-0.15, -0.1) is 0 Å². The molecule has 0 saturated heterocycles. The summed E-state index contributed by atoms with van der Waals surface area (Å²) in [4.78, 5) is 3.66. The third-order valence-electron chi connectivity index (χ3n) is 1.12. The Labute approximate surface area is 63.8 Å². The maximum atomic E-state index is 9.07. The van der Waals surface area contributed by atoms with Gasteiger partial charge in [0, 0.05) is 11.8 Å². The van der Waals surface area contributed by atoms with Crippen LogP contribution in [0.3, 0.4) is 0 Å². The van der Waals surface area contributed by atoms with Crippen molar-refractivity contribution >= 4 is 17.7 Å². The summed E-state index contributed by atoms with van der Waals surface area (Å²) in [5, 5.41) is 9.49. The van der Waals surface area contributed by atoms with Gasteiger partial charge in [-0.2, -0.15) is 0 Å². The van der Waals surface area contributed by atoms with Crippen LogP contribution in [0.2, 0.25) is 5.02 Å². The van der Waals surface area contributed by atoms with Gasteiger partial charge in [0.15, 0.2) is 0 Å². The van der Waals surface area contributed by atoms with Gasteiger partial charge in [-0.3, -0.25) is 4.98 Å². The van der Waals surface area contributed by atoms with Gasteiger partial charge >= 0.3 is 0 Å². The molecule has 1 rings (SSSR count). The first kappa shape index (κ1) is 7.09. The topological polar surface area (TPSA) is 33.1 Å². The van der Waals surface area contributed by atoms with Crippen LogP contribution in [0.5, 0.6) is 5.75 Å². The number of pyridine rings is 1. The molecule has 1 N–H and O–H groups in total. The smallest absolute Gasteiger partial charge is 0.142 e. The van der Waals surface area contributed by atoms with E-state index in [1.807, 2.05) is 0 Å². The molecule has 2 nitrogen and oxygen atoms in total. The molecular formula is C7H6ClNO. The molecule has 0 bridgehead atoms. The first-order chi connectivity index (χ1) is 4.75. The fourth-order valence-electron chi connectivity index (χ4n) is 0.637. The van der Waals surface area contributed by atoms with E-state index in [0.717, 1.165) is 0 Å². The highest BCUT2D eigenvalue weighted by Gasteiger charge is 2.00. The van der Waals surface area contributed by atoms with Crippen molar-refractivity contribution < 1.29 is 5.11 Å². The lowest BCUT2D eigenvalue weighted by molar-refractivity contribution is 0.471. The highest BCUT2D eigenvalue weighted by molar-refractivity contribution is 6.32. The monoisotopic (exact) mass is 155 g/mol. The molecule has 0 aliphatic heterocycles. The maximum Gasteiger partial charge on any atom is 0.142 e. The van der Waals surface area contributed by atoms with E-state index in [2.05, 4.69) is 11.6 Å². The van der Waals surface area contributed by atoms with Gasteiger partial charge < -0.3 is 5.11 Å². The molecule has 0 spiro atoms. The molecule has 52 valence electrons. The summed E-state index contributed by atoms with van der Waals surface area (Å²) in [7, 11) is 0. The molecule has 0 saturated carbocycles. The molecule has 0 radical (unpaired) electrons. The van der Waals surface area contributed by atoms with Crippen LogP contribution < -0.4 is 0 Å². The van der Waals surface area contributed by atoms with Gasteiger partial charge in [0.1, 0.15) is 5.75 Å². The lowest BCUT2D eigenvalue weighted by atomic mass is 10.2. The van der Waals surface area contributed by atoms with Gasteiger partial charge in [-0.1, -0.05) is 24.3 Å². The summed E-state index contributed by atoms with van der Waals surface area (Å²) in [6, 6.07) is 0. The number of aromatic hydroxyl groups is 1. The normalized spacial score (nSPS) is 9.30. The third kappa shape index (κ3) is 1.11. The van der Waals surface area contributed by atoms with Gasteiger partial charge in [0.05, 0.1) is 11.2 Å². The minimum atomic E-state index is 0.0579. The number of halogens is 1. The number of hydrogen-bond acceptors (Lipinski definition) is 2. The van der Waals surface area contributed by atoms with Crippen molar-refractivity contribution in [2.24, 2.45) is 0 Å². The molecule has 10 heavy (non-hydrogen) atoms. The van der Waals surface area contributed by atoms with Crippen molar-refractivity contribution in [3.63, 3.8) is 0 Å². The van der Waals surface area contributed by atoms with Crippen LogP contribution in [-0.4, -0.2) is 10.1 Å². The van der Waals surface area contributed by atoms with Crippen molar-refractivity contribution in [3.05, 3.63) is 29.6 Å². The lowest BCUT2D eigenvalue weighted by Crippen LogP contribution is -1.78. The first-order valence-corrected chi connectivity index (χ1v) is 3.08. The summed E-state index contributed by atoms with van der Waals surface area (Å²) in [6.07, 6.45) is 4.26. The fourth-order valence-corrected chi connectivity index (χ4v) is 0.867. The van der Waals surface area contributed by atoms with Gasteiger partial charge in [0.2, 0.25) is 0 Å². The van der Waals surface area contributed by atoms with E-state index < -0.39 is 0 Å². The van der Waals surface area contributed by atoms with Crippen LogP contribution >= 0.6 is 11.6 Å². The maximum absolute atomic E-state index is 9.07. The predicted molar refractivity (Wildman–Crippen MR) is 41.0 cm³/mol. The number of rotatable bonds is 1. The largest absolute Gasteiger partial charge is 0.506 e. The second-order valence-corrected chi connectivity index (χ2v) is 2.17. The van der Waals surface area contributed by atoms with Crippen molar-refractivity contribution in [1.29, 1.82) is 0 Å². The van der Waals surface area contributed by atoms with Crippen LogP contribution in [0.15, 0.2) is 19.0 Å². The van der Waals surface area contributed by atoms with Crippen molar-refractivity contribution in [2.75, 3.05) is 0 Å². The molecule has 0 aromatic carbocycles. The van der Waals surface area contributed by atoms with Crippen LogP contribution in [-0.2, 0) is 0 Å². The molecule has 0 fully saturated rings. The van der Waals surface area contributed by atoms with Crippen molar-refractivity contribution in [3.8, 4) is 5.75 Å². The summed E-state index contributed by atoms with van der Waals surface area (Å²) >= 11 is 5.64. The summed E-state index contributed by atoms with van der Waals surface area (Å²) in [6.45, 7) is 3.48. The summed E-state index contributed by atoms with van der Waals surface area (Å²) in [5.41, 5.74) is 0.525. The average molecular weight is 156 g/mol. The van der Waals surface area contributed by atoms with E-state index in [1.165, 1.54) is 18.5 Å². The summed E-state index contributed by atoms with van der Waals surface area (Å²) in [5.74, 6) is 0.0579. The number of hydrogen-bond donors (Lipinski definition) is 1. The van der Waals surface area contributed by atoms with Crippen LogP contribution in [0.25, 0.3) is 6.08 Å². The fraction of sp³-hybridized carbons (Fsp3) is 0. The molecule has 0 atom stereocenters. The highest BCUT2D eigenvalue weighted by Crippen LogP contribution is 2.23. The molecule has 0 amide bonds. The van der Waals surface area contributed by atoms with E-state index >= 15 is 0 Å². The molecule has 0 aliphatic carbocycles. The van der Waals surface area contributed by atoms with E-state index in [-0.39, 0.29) is 5.75 Å². The average Bonchev–Trinajstić information content (AvgIpc) is 1.88. The Hall–Kier alpha value is -1.02. The second kappa shape index (κ2) is 2.71. The Balaban J connectivity index is 3.30. The van der Waals surface area contributed by atoms with E-state index in [4.69, 9.17) is 16.7 Å². The Morgan fingerprint density at radius 3 is 2.70 bits per heavy atom. The van der Waals surface area contributed by atoms with Crippen LogP contribution in [0.1, 0.15) is 5.56 Å². The van der Waals surface area contributed by atoms with Gasteiger partial charge in [0.25, 0.3) is 0 Å². The zero-order valence-electron chi connectivity index (χ0n) is 5.21. The third-order valence-corrected chi connectivity index (χ3v) is 1.42. The Morgan fingerprint density at radius 2 is 2.30 bits per heavy atom. The quantitative estimate of drug-likeness (QED) is 0.674. The zero-order valence-corrected chi connectivity index (χ0v) is 5.97. The molecular weight excluding hydrogens is 150 g/mol. The molecule has 0 unspecified atom stereocenters. The van der Waals surface area contributed by atoms with E-state index in [0.29, 0.717) is 10.6 Å². The first-order valence-electron chi connectivity index (χ1n) is 2.70. The second-order valence-electron chi connectivity index (χ2n) is 1.76. The molecule has 1 aromatic rings. The standard InChI is InChI=1S/C7H6ClNO/c1-2-5-6(8)3-9-4-7(5)10/h2-4,10H,1H2. The molecule has 3 heteroatoms. The zero-order chi connectivity index (χ0) is 7.56. The Kier molecular flexibility index (Phi) is 1.92. The minimum absolute atomic E-state index is 0.0579. The molecule has 0 aliphatic rings. The Morgan fingerprint density at radius 1 is 1.60 bits per heavy atom. The highest BCUT2D eigenvalue weighted by atomic mass is 35.5. The Bertz CT molecular complexity index is 240. The van der Waals surface area contributed by atoms with Gasteiger partial charge in [-0.05, 0) is 0 Å². The molecule has 1 heterocycles. The minimum Gasteiger partial charge on any atom is -0.506 e. The van der Waals surface area contributed by atoms with Crippen LogP contribution in [0.4, 0.5) is 0 Å². The number of nitrogens with zero attached hydrogens (tertiary/aromatic N) is 1. The van der Waals surface area contributed by atoms with Crippen molar-refractivity contribution in [2.45, 2.75) is 0 Å². The molecule has 1 aromatic heterocycles. The van der Waals surface area contributed by atoms with Crippen LogP contribution in [0, 0.1) is 0 Å².